The number of halogens is 2. The van der Waals surface area contributed by atoms with E-state index in [0.29, 0.717) is 5.02 Å². The molecule has 0 spiro atoms. The number of nitrogens with zero attached hydrogens (tertiary/aromatic N) is 1. The van der Waals surface area contributed by atoms with E-state index in [1.165, 1.54) is 12.3 Å². The topological polar surface area (TPSA) is 30.0 Å². The number of carbonyl (C=O) groups is 1. The van der Waals surface area contributed by atoms with Gasteiger partial charge in [0.05, 0.1) is 10.0 Å². The van der Waals surface area contributed by atoms with Crippen LogP contribution in [0, 0.1) is 0 Å². The molecule has 0 bridgehead atoms. The number of rotatable bonds is 3. The van der Waals surface area contributed by atoms with E-state index in [-0.39, 0.29) is 22.9 Å². The number of pyridine rings is 1. The lowest BCUT2D eigenvalue weighted by Gasteiger charge is -2.07. The van der Waals surface area contributed by atoms with Crippen molar-refractivity contribution in [3.05, 3.63) is 76.0 Å². The highest BCUT2D eigenvalue weighted by atomic mass is 35.5. The Hall–Kier alpha value is -1.90. The van der Waals surface area contributed by atoms with E-state index in [2.05, 4.69) is 4.98 Å². The van der Waals surface area contributed by atoms with E-state index in [4.69, 9.17) is 23.2 Å². The standard InChI is InChI=1S/C17H11Cl2NO/c18-13-9-15(19)17(20-10-13)16(21)8-12-6-3-5-11-4-1-2-7-14(11)12/h1-7,9-10H,8H2. The molecule has 3 aromatic rings. The lowest BCUT2D eigenvalue weighted by Crippen LogP contribution is -2.07. The van der Waals surface area contributed by atoms with E-state index in [1.807, 2.05) is 42.5 Å². The molecule has 0 saturated heterocycles. The second kappa shape index (κ2) is 5.84. The lowest BCUT2D eigenvalue weighted by atomic mass is 9.99. The minimum absolute atomic E-state index is 0.118. The fourth-order valence-electron chi connectivity index (χ4n) is 2.32. The van der Waals surface area contributed by atoms with Crippen molar-refractivity contribution in [1.82, 2.24) is 4.98 Å². The maximum absolute atomic E-state index is 12.4. The average molecular weight is 316 g/mol. The van der Waals surface area contributed by atoms with Crippen LogP contribution >= 0.6 is 23.2 Å². The first-order chi connectivity index (χ1) is 10.1. The van der Waals surface area contributed by atoms with Crippen LogP contribution in [0.3, 0.4) is 0 Å². The summed E-state index contributed by atoms with van der Waals surface area (Å²) in [5.74, 6) is -0.118. The average Bonchev–Trinajstić information content (AvgIpc) is 2.47. The molecule has 4 heteroatoms. The maximum atomic E-state index is 12.4. The molecule has 0 amide bonds. The summed E-state index contributed by atoms with van der Waals surface area (Å²) in [6.45, 7) is 0. The van der Waals surface area contributed by atoms with Gasteiger partial charge in [0.25, 0.3) is 0 Å². The number of ketones is 1. The molecule has 104 valence electrons. The van der Waals surface area contributed by atoms with Gasteiger partial charge in [-0.05, 0) is 22.4 Å². The van der Waals surface area contributed by atoms with Crippen molar-refractivity contribution in [1.29, 1.82) is 0 Å². The van der Waals surface area contributed by atoms with Gasteiger partial charge in [0, 0.05) is 12.6 Å². The van der Waals surface area contributed by atoms with Gasteiger partial charge in [-0.15, -0.1) is 0 Å². The number of carbonyl (C=O) groups excluding carboxylic acids is 1. The van der Waals surface area contributed by atoms with Gasteiger partial charge < -0.3 is 0 Å². The second-order valence-corrected chi connectivity index (χ2v) is 5.57. The van der Waals surface area contributed by atoms with Crippen LogP contribution in [0.2, 0.25) is 10.0 Å². The Balaban J connectivity index is 1.97. The van der Waals surface area contributed by atoms with Crippen LogP contribution in [-0.2, 0) is 6.42 Å². The van der Waals surface area contributed by atoms with Crippen LogP contribution in [0.25, 0.3) is 10.8 Å². The van der Waals surface area contributed by atoms with Gasteiger partial charge in [-0.3, -0.25) is 4.79 Å². The summed E-state index contributed by atoms with van der Waals surface area (Å²) in [5, 5.41) is 2.88. The molecule has 2 nitrogen and oxygen atoms in total. The van der Waals surface area contributed by atoms with E-state index in [9.17, 15) is 4.79 Å². The molecule has 0 radical (unpaired) electrons. The molecule has 0 saturated carbocycles. The molecular formula is C17H11Cl2NO. The zero-order valence-corrected chi connectivity index (χ0v) is 12.5. The fraction of sp³-hybridized carbons (Fsp3) is 0.0588. The third-order valence-electron chi connectivity index (χ3n) is 3.30. The first-order valence-corrected chi connectivity index (χ1v) is 7.21. The third-order valence-corrected chi connectivity index (χ3v) is 3.80. The summed E-state index contributed by atoms with van der Waals surface area (Å²) in [4.78, 5) is 16.4. The van der Waals surface area contributed by atoms with Crippen molar-refractivity contribution >= 4 is 39.8 Å². The van der Waals surface area contributed by atoms with Crippen LogP contribution < -0.4 is 0 Å². The summed E-state index contributed by atoms with van der Waals surface area (Å²) in [7, 11) is 0. The SMILES string of the molecule is O=C(Cc1cccc2ccccc12)c1ncc(Cl)cc1Cl. The van der Waals surface area contributed by atoms with Gasteiger partial charge in [-0.25, -0.2) is 4.98 Å². The quantitative estimate of drug-likeness (QED) is 0.639. The summed E-state index contributed by atoms with van der Waals surface area (Å²) < 4.78 is 0. The summed E-state index contributed by atoms with van der Waals surface area (Å²) in [5.41, 5.74) is 1.22. The Kier molecular flexibility index (Phi) is 3.91. The van der Waals surface area contributed by atoms with Gasteiger partial charge in [-0.2, -0.15) is 0 Å². The van der Waals surface area contributed by atoms with Crippen molar-refractivity contribution in [2.45, 2.75) is 6.42 Å². The second-order valence-electron chi connectivity index (χ2n) is 4.72. The zero-order valence-electron chi connectivity index (χ0n) is 11.0. The number of benzene rings is 2. The summed E-state index contributed by atoms with van der Waals surface area (Å²) in [6, 6.07) is 15.4. The van der Waals surface area contributed by atoms with E-state index >= 15 is 0 Å². The molecule has 0 aliphatic heterocycles. The highest BCUT2D eigenvalue weighted by Crippen LogP contribution is 2.23. The molecule has 0 atom stereocenters. The van der Waals surface area contributed by atoms with Crippen molar-refractivity contribution in [3.63, 3.8) is 0 Å². The molecule has 0 unspecified atom stereocenters. The van der Waals surface area contributed by atoms with Crippen LogP contribution in [0.5, 0.6) is 0 Å². The number of hydrogen-bond acceptors (Lipinski definition) is 2. The fourth-order valence-corrected chi connectivity index (χ4v) is 2.81. The lowest BCUT2D eigenvalue weighted by molar-refractivity contribution is 0.0989. The Morgan fingerprint density at radius 2 is 1.81 bits per heavy atom. The molecular weight excluding hydrogens is 305 g/mol. The first kappa shape index (κ1) is 14.1. The van der Waals surface area contributed by atoms with Crippen molar-refractivity contribution in [3.8, 4) is 0 Å². The molecule has 3 rings (SSSR count). The molecule has 0 aliphatic rings. The van der Waals surface area contributed by atoms with Crippen molar-refractivity contribution in [2.24, 2.45) is 0 Å². The molecule has 0 fully saturated rings. The van der Waals surface area contributed by atoms with E-state index < -0.39 is 0 Å². The van der Waals surface area contributed by atoms with E-state index in [1.54, 1.807) is 0 Å². The molecule has 0 aliphatic carbocycles. The monoisotopic (exact) mass is 315 g/mol. The predicted octanol–water partition coefficient (Wildman–Crippen LogP) is 4.97. The highest BCUT2D eigenvalue weighted by Gasteiger charge is 2.14. The first-order valence-electron chi connectivity index (χ1n) is 6.46. The number of fused-ring (bicyclic) bond motifs is 1. The van der Waals surface area contributed by atoms with Crippen molar-refractivity contribution < 1.29 is 4.79 Å². The summed E-state index contributed by atoms with van der Waals surface area (Å²) in [6.07, 6.45) is 1.69. The Bertz CT molecular complexity index is 825. The molecule has 1 heterocycles. The minimum Gasteiger partial charge on any atom is -0.292 e. The Morgan fingerprint density at radius 1 is 1.05 bits per heavy atom. The highest BCUT2D eigenvalue weighted by molar-refractivity contribution is 6.36. The molecule has 21 heavy (non-hydrogen) atoms. The number of hydrogen-bond donors (Lipinski definition) is 0. The number of aromatic nitrogens is 1. The van der Waals surface area contributed by atoms with Gasteiger partial charge in [0.1, 0.15) is 5.69 Å². The normalized spacial score (nSPS) is 10.8. The molecule has 1 aromatic heterocycles. The van der Waals surface area contributed by atoms with Crippen LogP contribution in [0.4, 0.5) is 0 Å². The summed E-state index contributed by atoms with van der Waals surface area (Å²) >= 11 is 11.8. The molecule has 0 N–H and O–H groups in total. The minimum atomic E-state index is -0.118. The third kappa shape index (κ3) is 2.92. The predicted molar refractivity (Wildman–Crippen MR) is 86.2 cm³/mol. The Morgan fingerprint density at radius 3 is 2.62 bits per heavy atom. The van der Waals surface area contributed by atoms with E-state index in [0.717, 1.165) is 16.3 Å². The van der Waals surface area contributed by atoms with Gasteiger partial charge >= 0.3 is 0 Å². The number of Topliss-reactive ketones (excluding diaryl/α,β-unsaturated/α-hetero) is 1. The van der Waals surface area contributed by atoms with Crippen LogP contribution in [0.1, 0.15) is 16.1 Å². The zero-order chi connectivity index (χ0) is 14.8. The van der Waals surface area contributed by atoms with Gasteiger partial charge in [0.2, 0.25) is 0 Å². The van der Waals surface area contributed by atoms with Crippen LogP contribution in [-0.4, -0.2) is 10.8 Å². The van der Waals surface area contributed by atoms with Gasteiger partial charge in [0.15, 0.2) is 5.78 Å². The van der Waals surface area contributed by atoms with Gasteiger partial charge in [-0.1, -0.05) is 65.7 Å². The van der Waals surface area contributed by atoms with Crippen molar-refractivity contribution in [2.75, 3.05) is 0 Å². The van der Waals surface area contributed by atoms with Crippen LogP contribution in [0.15, 0.2) is 54.7 Å². The maximum Gasteiger partial charge on any atom is 0.187 e. The smallest absolute Gasteiger partial charge is 0.187 e. The molecule has 2 aromatic carbocycles. The largest absolute Gasteiger partial charge is 0.292 e. The Labute approximate surface area is 132 Å².